The van der Waals surface area contributed by atoms with Gasteiger partial charge in [0.15, 0.2) is 0 Å². The molecular weight excluding hydrogens is 252 g/mol. The average Bonchev–Trinajstić information content (AvgIpc) is 2.99. The lowest BCUT2D eigenvalue weighted by atomic mass is 9.99. The van der Waals surface area contributed by atoms with Crippen LogP contribution in [0.5, 0.6) is 0 Å². The third-order valence-corrected chi connectivity index (χ3v) is 3.80. The summed E-state index contributed by atoms with van der Waals surface area (Å²) in [5.74, 6) is 0. The predicted molar refractivity (Wildman–Crippen MR) is 83.1 cm³/mol. The number of benzene rings is 2. The molecule has 0 aliphatic heterocycles. The van der Waals surface area contributed by atoms with Crippen molar-refractivity contribution in [2.24, 2.45) is 0 Å². The first-order valence-corrected chi connectivity index (χ1v) is 6.94. The second-order valence-corrected chi connectivity index (χ2v) is 5.02. The Morgan fingerprint density at radius 3 is 2.84 bits per heavy atom. The van der Waals surface area contributed by atoms with E-state index in [1.54, 1.807) is 0 Å². The van der Waals surface area contributed by atoms with E-state index in [4.69, 9.17) is 0 Å². The van der Waals surface area contributed by atoms with Crippen molar-refractivity contribution in [3.05, 3.63) is 60.0 Å². The van der Waals surface area contributed by atoms with Crippen molar-refractivity contribution >= 4 is 28.0 Å². The maximum atomic E-state index is 4.42. The molecule has 1 aromatic heterocycles. The second-order valence-electron chi connectivity index (χ2n) is 4.35. The Morgan fingerprint density at radius 1 is 1.21 bits per heavy atom. The summed E-state index contributed by atoms with van der Waals surface area (Å²) >= 11 is 1.48. The lowest BCUT2D eigenvalue weighted by Gasteiger charge is -2.08. The Morgan fingerprint density at radius 2 is 2.11 bits per heavy atom. The van der Waals surface area contributed by atoms with E-state index in [1.165, 1.54) is 27.9 Å². The minimum absolute atomic E-state index is 0.931. The summed E-state index contributed by atoms with van der Waals surface area (Å²) < 4.78 is 4.42. The van der Waals surface area contributed by atoms with Crippen molar-refractivity contribution in [2.75, 3.05) is 7.05 Å². The molecule has 0 bridgehead atoms. The molecule has 3 heteroatoms. The zero-order chi connectivity index (χ0) is 13.2. The number of rotatable bonds is 3. The third-order valence-electron chi connectivity index (χ3n) is 3.24. The normalized spacial score (nSPS) is 10.6. The lowest BCUT2D eigenvalue weighted by Crippen LogP contribution is -2.02. The summed E-state index contributed by atoms with van der Waals surface area (Å²) in [5.41, 5.74) is 4.27. The van der Waals surface area contributed by atoms with E-state index in [2.05, 4.69) is 58.7 Å². The number of hydrogen-bond acceptors (Lipinski definition) is 3. The minimum atomic E-state index is 0.931. The van der Waals surface area contributed by atoms with Gasteiger partial charge in [-0.05, 0) is 40.0 Å². The van der Waals surface area contributed by atoms with Crippen molar-refractivity contribution in [3.63, 3.8) is 0 Å². The number of nitrogens with zero attached hydrogens (tertiary/aromatic N) is 1. The van der Waals surface area contributed by atoms with Gasteiger partial charge >= 0.3 is 0 Å². The highest BCUT2D eigenvalue weighted by atomic mass is 32.1. The number of hydrogen-bond donors (Lipinski definition) is 1. The van der Waals surface area contributed by atoms with Gasteiger partial charge in [-0.3, -0.25) is 0 Å². The van der Waals surface area contributed by atoms with E-state index in [0.717, 1.165) is 17.0 Å². The van der Waals surface area contributed by atoms with Crippen LogP contribution in [0.25, 0.3) is 27.7 Å². The average molecular weight is 266 g/mol. The van der Waals surface area contributed by atoms with Gasteiger partial charge in [-0.2, -0.15) is 4.37 Å². The first-order chi connectivity index (χ1) is 9.29. The van der Waals surface area contributed by atoms with Gasteiger partial charge in [0.2, 0.25) is 0 Å². The number of nitrogens with one attached hydrogen (secondary N) is 1. The van der Waals surface area contributed by atoms with Gasteiger partial charge in [-0.15, -0.1) is 0 Å². The molecule has 1 heterocycles. The molecule has 3 rings (SSSR count). The molecule has 94 valence electrons. The Kier molecular flexibility index (Phi) is 3.05. The van der Waals surface area contributed by atoms with Crippen LogP contribution in [0.3, 0.4) is 0 Å². The Labute approximate surface area is 116 Å². The molecule has 0 saturated carbocycles. The van der Waals surface area contributed by atoms with Gasteiger partial charge in [0, 0.05) is 23.7 Å². The van der Waals surface area contributed by atoms with Crippen LogP contribution in [-0.4, -0.2) is 11.4 Å². The molecule has 0 saturated heterocycles. The summed E-state index contributed by atoms with van der Waals surface area (Å²) in [5, 5.41) is 7.52. The van der Waals surface area contributed by atoms with Crippen LogP contribution < -0.4 is 5.32 Å². The summed E-state index contributed by atoms with van der Waals surface area (Å²) in [6, 6.07) is 14.8. The van der Waals surface area contributed by atoms with Crippen molar-refractivity contribution in [1.82, 2.24) is 9.69 Å². The largest absolute Gasteiger partial charge is 0.388 e. The Hall–Kier alpha value is -2.13. The third kappa shape index (κ3) is 2.13. The maximum Gasteiger partial charge on any atom is 0.0846 e. The van der Waals surface area contributed by atoms with Gasteiger partial charge < -0.3 is 5.32 Å². The monoisotopic (exact) mass is 266 g/mol. The van der Waals surface area contributed by atoms with Crippen molar-refractivity contribution in [3.8, 4) is 11.3 Å². The summed E-state index contributed by atoms with van der Waals surface area (Å²) in [6.45, 7) is 4.00. The quantitative estimate of drug-likeness (QED) is 0.770. The van der Waals surface area contributed by atoms with Crippen LogP contribution >= 0.6 is 11.5 Å². The highest BCUT2D eigenvalue weighted by Gasteiger charge is 2.06. The Balaban J connectivity index is 2.20. The van der Waals surface area contributed by atoms with E-state index in [9.17, 15) is 0 Å². The Bertz CT molecular complexity index is 730. The zero-order valence-corrected chi connectivity index (χ0v) is 11.5. The summed E-state index contributed by atoms with van der Waals surface area (Å²) in [6.07, 6.45) is 0. The molecule has 2 nitrogen and oxygen atoms in total. The van der Waals surface area contributed by atoms with Crippen LogP contribution in [0.15, 0.2) is 54.4 Å². The fraction of sp³-hybridized carbons (Fsp3) is 0.0625. The topological polar surface area (TPSA) is 24.9 Å². The van der Waals surface area contributed by atoms with Crippen LogP contribution in [0, 0.1) is 0 Å². The van der Waals surface area contributed by atoms with E-state index >= 15 is 0 Å². The molecule has 0 radical (unpaired) electrons. The standard InChI is InChI=1S/C16H14N2S/c1-11(17-2)12-6-7-14-13(10-12)4-3-5-15(14)16-8-9-19-18-16/h3-10,17H,1H2,2H3. The minimum Gasteiger partial charge on any atom is -0.388 e. The molecular formula is C16H14N2S. The molecule has 0 atom stereocenters. The highest BCUT2D eigenvalue weighted by molar-refractivity contribution is 7.03. The lowest BCUT2D eigenvalue weighted by molar-refractivity contribution is 1.13. The van der Waals surface area contributed by atoms with Gasteiger partial charge in [-0.1, -0.05) is 36.9 Å². The molecule has 0 spiro atoms. The first kappa shape index (κ1) is 11.9. The van der Waals surface area contributed by atoms with E-state index in [0.29, 0.717) is 0 Å². The van der Waals surface area contributed by atoms with Gasteiger partial charge in [0.1, 0.15) is 0 Å². The molecule has 0 unspecified atom stereocenters. The van der Waals surface area contributed by atoms with Crippen LogP contribution in [0.2, 0.25) is 0 Å². The SMILES string of the molecule is C=C(NC)c1ccc2c(-c3ccsn3)cccc2c1. The maximum absolute atomic E-state index is 4.42. The van der Waals surface area contributed by atoms with Gasteiger partial charge in [-0.25, -0.2) is 0 Å². The van der Waals surface area contributed by atoms with Crippen molar-refractivity contribution < 1.29 is 0 Å². The fourth-order valence-corrected chi connectivity index (χ4v) is 2.71. The van der Waals surface area contributed by atoms with E-state index in [-0.39, 0.29) is 0 Å². The summed E-state index contributed by atoms with van der Waals surface area (Å²) in [7, 11) is 1.89. The van der Waals surface area contributed by atoms with E-state index < -0.39 is 0 Å². The molecule has 2 aromatic carbocycles. The smallest absolute Gasteiger partial charge is 0.0846 e. The first-order valence-electron chi connectivity index (χ1n) is 6.10. The molecule has 0 amide bonds. The number of fused-ring (bicyclic) bond motifs is 1. The highest BCUT2D eigenvalue weighted by Crippen LogP contribution is 2.29. The summed E-state index contributed by atoms with van der Waals surface area (Å²) in [4.78, 5) is 0. The second kappa shape index (κ2) is 4.86. The molecule has 1 N–H and O–H groups in total. The van der Waals surface area contributed by atoms with Gasteiger partial charge in [0.25, 0.3) is 0 Å². The van der Waals surface area contributed by atoms with Crippen LogP contribution in [0.1, 0.15) is 5.56 Å². The molecule has 3 aromatic rings. The molecule has 0 fully saturated rings. The number of aromatic nitrogens is 1. The van der Waals surface area contributed by atoms with Crippen molar-refractivity contribution in [2.45, 2.75) is 0 Å². The molecule has 0 aliphatic rings. The predicted octanol–water partition coefficient (Wildman–Crippen LogP) is 4.15. The van der Waals surface area contributed by atoms with Crippen molar-refractivity contribution in [1.29, 1.82) is 0 Å². The van der Waals surface area contributed by atoms with Crippen LogP contribution in [0.4, 0.5) is 0 Å². The molecule has 0 aliphatic carbocycles. The molecule has 19 heavy (non-hydrogen) atoms. The van der Waals surface area contributed by atoms with Gasteiger partial charge in [0.05, 0.1) is 5.69 Å². The van der Waals surface area contributed by atoms with Crippen LogP contribution in [-0.2, 0) is 0 Å². The van der Waals surface area contributed by atoms with E-state index in [1.807, 2.05) is 12.4 Å². The fourth-order valence-electron chi connectivity index (χ4n) is 2.19. The zero-order valence-electron chi connectivity index (χ0n) is 10.7.